The van der Waals surface area contributed by atoms with Gasteiger partial charge in [0.05, 0.1) is 17.7 Å². The maximum atomic E-state index is 13.6. The van der Waals surface area contributed by atoms with Crippen LogP contribution in [0.2, 0.25) is 0 Å². The Morgan fingerprint density at radius 3 is 2.26 bits per heavy atom. The third kappa shape index (κ3) is 4.22. The molecular formula is C13H14F4O2. The van der Waals surface area contributed by atoms with Crippen LogP contribution in [0.25, 0.3) is 0 Å². The highest BCUT2D eigenvalue weighted by molar-refractivity contribution is 5.90. The van der Waals surface area contributed by atoms with E-state index in [1.807, 2.05) is 0 Å². The summed E-state index contributed by atoms with van der Waals surface area (Å²) < 4.78 is 55.8. The number of benzene rings is 1. The maximum absolute atomic E-state index is 13.6. The van der Waals surface area contributed by atoms with Crippen molar-refractivity contribution in [2.24, 2.45) is 5.41 Å². The average molecular weight is 278 g/mol. The first-order valence-corrected chi connectivity index (χ1v) is 5.55. The van der Waals surface area contributed by atoms with Crippen molar-refractivity contribution in [3.63, 3.8) is 0 Å². The minimum atomic E-state index is -4.84. The van der Waals surface area contributed by atoms with Crippen LogP contribution in [0.5, 0.6) is 0 Å². The summed E-state index contributed by atoms with van der Waals surface area (Å²) in [7, 11) is 0. The molecule has 1 aromatic rings. The van der Waals surface area contributed by atoms with Gasteiger partial charge in [-0.2, -0.15) is 13.2 Å². The standard InChI is InChI=1S/C13H14F4O2/c1-12(2,3)7-19-11(18)8-5-4-6-9(10(8)14)13(15,16)17/h4-6H,7H2,1-3H3. The molecule has 0 bridgehead atoms. The molecule has 0 atom stereocenters. The van der Waals surface area contributed by atoms with Crippen LogP contribution < -0.4 is 0 Å². The molecule has 0 fully saturated rings. The van der Waals surface area contributed by atoms with Crippen molar-refractivity contribution in [1.82, 2.24) is 0 Å². The zero-order chi connectivity index (χ0) is 14.8. The Kier molecular flexibility index (Phi) is 4.22. The van der Waals surface area contributed by atoms with Gasteiger partial charge in [0.25, 0.3) is 0 Å². The van der Waals surface area contributed by atoms with Crippen LogP contribution in [0.15, 0.2) is 18.2 Å². The molecule has 0 aliphatic rings. The number of alkyl halides is 3. The molecule has 1 rings (SSSR count). The van der Waals surface area contributed by atoms with Gasteiger partial charge in [0.15, 0.2) is 0 Å². The zero-order valence-electron chi connectivity index (χ0n) is 10.8. The van der Waals surface area contributed by atoms with Crippen molar-refractivity contribution in [2.75, 3.05) is 6.61 Å². The van der Waals surface area contributed by atoms with Crippen LogP contribution in [-0.4, -0.2) is 12.6 Å². The summed E-state index contributed by atoms with van der Waals surface area (Å²) in [5.41, 5.74) is -2.54. The molecule has 0 spiro atoms. The number of esters is 1. The van der Waals surface area contributed by atoms with Crippen molar-refractivity contribution in [3.05, 3.63) is 35.1 Å². The lowest BCUT2D eigenvalue weighted by molar-refractivity contribution is -0.140. The quantitative estimate of drug-likeness (QED) is 0.602. The first kappa shape index (κ1) is 15.5. The molecule has 0 aromatic heterocycles. The molecule has 0 N–H and O–H groups in total. The van der Waals surface area contributed by atoms with E-state index in [-0.39, 0.29) is 12.0 Å². The van der Waals surface area contributed by atoms with Gasteiger partial charge in [-0.15, -0.1) is 0 Å². The van der Waals surface area contributed by atoms with E-state index in [4.69, 9.17) is 4.74 Å². The van der Waals surface area contributed by atoms with Crippen LogP contribution >= 0.6 is 0 Å². The van der Waals surface area contributed by atoms with Gasteiger partial charge in [0.2, 0.25) is 0 Å². The van der Waals surface area contributed by atoms with E-state index < -0.39 is 29.1 Å². The van der Waals surface area contributed by atoms with Gasteiger partial charge >= 0.3 is 12.1 Å². The van der Waals surface area contributed by atoms with Crippen LogP contribution in [0.3, 0.4) is 0 Å². The summed E-state index contributed by atoms with van der Waals surface area (Å²) in [4.78, 5) is 11.6. The van der Waals surface area contributed by atoms with E-state index in [9.17, 15) is 22.4 Å². The molecule has 0 heterocycles. The molecule has 6 heteroatoms. The van der Waals surface area contributed by atoms with Crippen LogP contribution in [-0.2, 0) is 10.9 Å². The van der Waals surface area contributed by atoms with Crippen molar-refractivity contribution in [2.45, 2.75) is 26.9 Å². The van der Waals surface area contributed by atoms with Gasteiger partial charge in [-0.25, -0.2) is 9.18 Å². The molecule has 0 radical (unpaired) electrons. The lowest BCUT2D eigenvalue weighted by atomic mass is 9.99. The largest absolute Gasteiger partial charge is 0.461 e. The number of rotatable bonds is 2. The van der Waals surface area contributed by atoms with E-state index in [2.05, 4.69) is 0 Å². The summed E-state index contributed by atoms with van der Waals surface area (Å²) in [6.45, 7) is 5.33. The maximum Gasteiger partial charge on any atom is 0.419 e. The molecule has 0 unspecified atom stereocenters. The Morgan fingerprint density at radius 2 is 1.79 bits per heavy atom. The smallest absolute Gasteiger partial charge is 0.419 e. The molecule has 0 saturated heterocycles. The summed E-state index contributed by atoms with van der Waals surface area (Å²) >= 11 is 0. The average Bonchev–Trinajstić information content (AvgIpc) is 2.23. The third-order valence-electron chi connectivity index (χ3n) is 2.16. The van der Waals surface area contributed by atoms with Gasteiger partial charge in [-0.1, -0.05) is 26.8 Å². The monoisotopic (exact) mass is 278 g/mol. The topological polar surface area (TPSA) is 26.3 Å². The van der Waals surface area contributed by atoms with Crippen LogP contribution in [0.1, 0.15) is 36.7 Å². The lowest BCUT2D eigenvalue weighted by Gasteiger charge is -2.18. The fraction of sp³-hybridized carbons (Fsp3) is 0.462. The first-order valence-electron chi connectivity index (χ1n) is 5.55. The Morgan fingerprint density at radius 1 is 1.21 bits per heavy atom. The molecule has 0 aliphatic heterocycles. The van der Waals surface area contributed by atoms with Gasteiger partial charge in [-0.3, -0.25) is 0 Å². The number of carbonyl (C=O) groups excluding carboxylic acids is 1. The molecule has 0 amide bonds. The lowest BCUT2D eigenvalue weighted by Crippen LogP contribution is -2.20. The summed E-state index contributed by atoms with van der Waals surface area (Å²) in [6.07, 6.45) is -4.84. The predicted octanol–water partition coefficient (Wildman–Crippen LogP) is 4.05. The fourth-order valence-corrected chi connectivity index (χ4v) is 1.27. The molecule has 19 heavy (non-hydrogen) atoms. The van der Waals surface area contributed by atoms with Crippen LogP contribution in [0.4, 0.5) is 17.6 Å². The zero-order valence-corrected chi connectivity index (χ0v) is 10.8. The number of hydrogen-bond acceptors (Lipinski definition) is 2. The third-order valence-corrected chi connectivity index (χ3v) is 2.16. The van der Waals surface area contributed by atoms with Gasteiger partial charge in [0.1, 0.15) is 5.82 Å². The van der Waals surface area contributed by atoms with Crippen molar-refractivity contribution < 1.29 is 27.1 Å². The fourth-order valence-electron chi connectivity index (χ4n) is 1.27. The highest BCUT2D eigenvalue weighted by atomic mass is 19.4. The Balaban J connectivity index is 2.99. The Hall–Kier alpha value is -1.59. The number of ether oxygens (including phenoxy) is 1. The highest BCUT2D eigenvalue weighted by Crippen LogP contribution is 2.32. The number of hydrogen-bond donors (Lipinski definition) is 0. The normalized spacial score (nSPS) is 12.4. The molecule has 0 saturated carbocycles. The second-order valence-corrected chi connectivity index (χ2v) is 5.30. The first-order chi connectivity index (χ1) is 8.52. The van der Waals surface area contributed by atoms with Gasteiger partial charge in [0, 0.05) is 0 Å². The number of halogens is 4. The van der Waals surface area contributed by atoms with E-state index in [0.717, 1.165) is 12.1 Å². The minimum absolute atomic E-state index is 0.0124. The second kappa shape index (κ2) is 5.19. The molecular weight excluding hydrogens is 264 g/mol. The van der Waals surface area contributed by atoms with Gasteiger partial charge < -0.3 is 4.74 Å². The summed E-state index contributed by atoms with van der Waals surface area (Å²) in [6, 6.07) is 2.52. The van der Waals surface area contributed by atoms with Crippen molar-refractivity contribution in [3.8, 4) is 0 Å². The Labute approximate surface area is 108 Å². The van der Waals surface area contributed by atoms with E-state index in [1.54, 1.807) is 20.8 Å². The van der Waals surface area contributed by atoms with Crippen molar-refractivity contribution in [1.29, 1.82) is 0 Å². The molecule has 2 nitrogen and oxygen atoms in total. The highest BCUT2D eigenvalue weighted by Gasteiger charge is 2.36. The minimum Gasteiger partial charge on any atom is -0.461 e. The van der Waals surface area contributed by atoms with Crippen LogP contribution in [0, 0.1) is 11.2 Å². The Bertz CT molecular complexity index is 473. The van der Waals surface area contributed by atoms with Crippen molar-refractivity contribution >= 4 is 5.97 Å². The second-order valence-electron chi connectivity index (χ2n) is 5.30. The predicted molar refractivity (Wildman–Crippen MR) is 61.1 cm³/mol. The van der Waals surface area contributed by atoms with E-state index in [0.29, 0.717) is 6.07 Å². The molecule has 1 aromatic carbocycles. The SMILES string of the molecule is CC(C)(C)COC(=O)c1cccc(C(F)(F)F)c1F. The van der Waals surface area contributed by atoms with Gasteiger partial charge in [-0.05, 0) is 17.5 Å². The van der Waals surface area contributed by atoms with E-state index >= 15 is 0 Å². The molecule has 106 valence electrons. The molecule has 0 aliphatic carbocycles. The summed E-state index contributed by atoms with van der Waals surface area (Å²) in [5.74, 6) is -2.70. The summed E-state index contributed by atoms with van der Waals surface area (Å²) in [5, 5.41) is 0. The number of carbonyl (C=O) groups is 1. The van der Waals surface area contributed by atoms with E-state index in [1.165, 1.54) is 0 Å².